The minimum absolute atomic E-state index is 0.153. The van der Waals surface area contributed by atoms with Crippen LogP contribution in [0, 0.1) is 0 Å². The molecule has 1 aliphatic carbocycles. The highest BCUT2D eigenvalue weighted by Gasteiger charge is 2.55. The van der Waals surface area contributed by atoms with E-state index in [4.69, 9.17) is 4.74 Å². The first kappa shape index (κ1) is 30.8. The number of H-pyrrole nitrogens is 1. The number of carbonyl (C=O) groups excluding carboxylic acids is 3. The van der Waals surface area contributed by atoms with Gasteiger partial charge in [-0.1, -0.05) is 75.7 Å². The van der Waals surface area contributed by atoms with Crippen molar-refractivity contribution in [1.82, 2.24) is 19.1 Å². The number of benzene rings is 1. The molecule has 1 aliphatic heterocycles. The summed E-state index contributed by atoms with van der Waals surface area (Å²) in [5.74, 6) is -0.932. The number of aromatic amines is 1. The summed E-state index contributed by atoms with van der Waals surface area (Å²) in [4.78, 5) is 46.1. The lowest BCUT2D eigenvalue weighted by Crippen LogP contribution is -2.57. The van der Waals surface area contributed by atoms with Gasteiger partial charge in [0.05, 0.1) is 19.9 Å². The lowest BCUT2D eigenvalue weighted by molar-refractivity contribution is 0.0792. The Morgan fingerprint density at radius 3 is 2.24 bits per heavy atom. The largest absolute Gasteiger partial charge is 0.439 e. The minimum atomic E-state index is -4.15. The van der Waals surface area contributed by atoms with Crippen molar-refractivity contribution < 1.29 is 27.5 Å². The predicted octanol–water partition coefficient (Wildman–Crippen LogP) is 4.05. The van der Waals surface area contributed by atoms with Gasteiger partial charge in [-0.3, -0.25) is 4.79 Å². The highest BCUT2D eigenvalue weighted by molar-refractivity contribution is 7.89. The Morgan fingerprint density at radius 1 is 1.00 bits per heavy atom. The Kier molecular flexibility index (Phi) is 8.45. The van der Waals surface area contributed by atoms with Gasteiger partial charge in [0.15, 0.2) is 0 Å². The van der Waals surface area contributed by atoms with E-state index in [1.165, 1.54) is 4.90 Å². The molecule has 10 nitrogen and oxygen atoms in total. The molecular formula is C28H40N4O6SSi2. The maximum absolute atomic E-state index is 14.0. The number of ether oxygens (including phenoxy) is 1. The molecule has 1 N–H and O–H groups in total. The fraction of sp³-hybridized carbons (Fsp3) is 0.464. The zero-order chi connectivity index (χ0) is 30.3. The SMILES string of the molecule is CN(Cc1ccccc1)C(=O)N1C(=O)O[C@@H]2C=C[C@@H](N(C(=O)c3ccc([Si](C)(C)C)[nH]3)S(=O)(=O)CC[Si](C)(C)C)[C@@H]21. The highest BCUT2D eigenvalue weighted by atomic mass is 32.2. The number of imide groups is 1. The summed E-state index contributed by atoms with van der Waals surface area (Å²) in [6.45, 7) is 12.8. The molecule has 1 fully saturated rings. The van der Waals surface area contributed by atoms with Crippen molar-refractivity contribution in [2.75, 3.05) is 12.8 Å². The number of nitrogens with one attached hydrogen (secondary N) is 1. The van der Waals surface area contributed by atoms with Crippen molar-refractivity contribution in [1.29, 1.82) is 0 Å². The average molecular weight is 617 g/mol. The van der Waals surface area contributed by atoms with Crippen LogP contribution in [0.15, 0.2) is 54.6 Å². The fourth-order valence-corrected chi connectivity index (χ4v) is 10.6. The van der Waals surface area contributed by atoms with Crippen LogP contribution in [0.5, 0.6) is 0 Å². The number of carbonyl (C=O) groups is 3. The van der Waals surface area contributed by atoms with E-state index >= 15 is 0 Å². The molecule has 3 atom stereocenters. The van der Waals surface area contributed by atoms with Crippen LogP contribution in [-0.2, 0) is 21.3 Å². The Labute approximate surface area is 244 Å². The number of nitrogens with zero attached hydrogens (tertiary/aromatic N) is 3. The second kappa shape index (κ2) is 11.3. The quantitative estimate of drug-likeness (QED) is 0.335. The molecule has 0 spiro atoms. The summed E-state index contributed by atoms with van der Waals surface area (Å²) in [7, 11) is -6.19. The van der Waals surface area contributed by atoms with Gasteiger partial charge < -0.3 is 14.6 Å². The van der Waals surface area contributed by atoms with Crippen LogP contribution in [0.4, 0.5) is 9.59 Å². The van der Waals surface area contributed by atoms with Gasteiger partial charge in [-0.2, -0.15) is 0 Å². The Bertz CT molecular complexity index is 1450. The van der Waals surface area contributed by atoms with E-state index < -0.39 is 62.4 Å². The third-order valence-corrected chi connectivity index (χ3v) is 13.1. The number of aromatic nitrogens is 1. The third kappa shape index (κ3) is 6.67. The predicted molar refractivity (Wildman–Crippen MR) is 164 cm³/mol. The van der Waals surface area contributed by atoms with Crippen molar-refractivity contribution in [2.24, 2.45) is 0 Å². The molecule has 2 aromatic rings. The second-order valence-corrected chi connectivity index (χ2v) is 25.6. The standard InChI is InChI=1S/C28H40N4O6SSi2/c1-30(19-20-11-9-8-10-12-20)27(34)31-25-22(14-15-23(25)38-28(31)35)32(39(36,37)17-18-40(2,3)4)26(33)21-13-16-24(29-21)41(5,6)7/h8-16,22-23,25,29H,17-19H2,1-7H3/t22-,23-,25+/m1/s1. The van der Waals surface area contributed by atoms with E-state index in [0.29, 0.717) is 6.04 Å². The minimum Gasteiger partial charge on any atom is -0.439 e. The molecule has 4 rings (SSSR count). The van der Waals surface area contributed by atoms with Gasteiger partial charge in [0.25, 0.3) is 5.91 Å². The molecule has 0 unspecified atom stereocenters. The number of hydrogen-bond donors (Lipinski definition) is 1. The lowest BCUT2D eigenvalue weighted by atomic mass is 10.1. The Balaban J connectivity index is 1.70. The number of amides is 4. The smallest absolute Gasteiger partial charge is 0.419 e. The third-order valence-electron chi connectivity index (χ3n) is 7.32. The van der Waals surface area contributed by atoms with Crippen molar-refractivity contribution >= 4 is 49.5 Å². The normalized spacial score (nSPS) is 20.6. The average Bonchev–Trinajstić information content (AvgIpc) is 3.59. The lowest BCUT2D eigenvalue weighted by Gasteiger charge is -2.35. The van der Waals surface area contributed by atoms with E-state index in [2.05, 4.69) is 44.3 Å². The number of urea groups is 1. The molecule has 41 heavy (non-hydrogen) atoms. The molecule has 4 amide bonds. The summed E-state index contributed by atoms with van der Waals surface area (Å²) in [5.41, 5.74) is 1.02. The maximum Gasteiger partial charge on any atom is 0.419 e. The molecular weight excluding hydrogens is 577 g/mol. The van der Waals surface area contributed by atoms with Crippen molar-refractivity contribution in [3.05, 3.63) is 65.9 Å². The topological polar surface area (TPSA) is 120 Å². The first-order valence-corrected chi connectivity index (χ1v) is 22.5. The van der Waals surface area contributed by atoms with Crippen molar-refractivity contribution in [3.63, 3.8) is 0 Å². The molecule has 1 saturated heterocycles. The monoisotopic (exact) mass is 616 g/mol. The molecule has 1 aromatic carbocycles. The van der Waals surface area contributed by atoms with Crippen LogP contribution in [0.25, 0.3) is 0 Å². The van der Waals surface area contributed by atoms with Gasteiger partial charge in [-0.25, -0.2) is 27.2 Å². The number of sulfonamides is 1. The van der Waals surface area contributed by atoms with Crippen LogP contribution in [0.2, 0.25) is 45.3 Å². The van der Waals surface area contributed by atoms with Gasteiger partial charge in [0, 0.05) is 21.7 Å². The highest BCUT2D eigenvalue weighted by Crippen LogP contribution is 2.35. The van der Waals surface area contributed by atoms with E-state index in [1.807, 2.05) is 36.4 Å². The van der Waals surface area contributed by atoms with Crippen molar-refractivity contribution in [2.45, 2.75) is 70.1 Å². The van der Waals surface area contributed by atoms with E-state index in [1.54, 1.807) is 25.3 Å². The molecule has 13 heteroatoms. The zero-order valence-electron chi connectivity index (χ0n) is 24.7. The fourth-order valence-electron chi connectivity index (χ4n) is 4.94. The summed E-state index contributed by atoms with van der Waals surface area (Å²) < 4.78 is 34.3. The number of rotatable bonds is 9. The van der Waals surface area contributed by atoms with Gasteiger partial charge in [0.1, 0.15) is 17.8 Å². The maximum atomic E-state index is 14.0. The molecule has 1 aromatic heterocycles. The molecule has 2 aliphatic rings. The summed E-state index contributed by atoms with van der Waals surface area (Å²) in [5, 5.41) is 0.916. The van der Waals surface area contributed by atoms with Gasteiger partial charge in [0.2, 0.25) is 10.0 Å². The molecule has 0 bridgehead atoms. The van der Waals surface area contributed by atoms with E-state index in [0.717, 1.165) is 20.1 Å². The Hall–Kier alpha value is -3.17. The molecule has 222 valence electrons. The van der Waals surface area contributed by atoms with E-state index in [9.17, 15) is 22.8 Å². The Morgan fingerprint density at radius 2 is 1.66 bits per heavy atom. The second-order valence-electron chi connectivity index (χ2n) is 13.0. The van der Waals surface area contributed by atoms with Gasteiger partial charge >= 0.3 is 12.1 Å². The van der Waals surface area contributed by atoms with Crippen LogP contribution in [0.1, 0.15) is 16.1 Å². The molecule has 0 radical (unpaired) electrons. The van der Waals surface area contributed by atoms with Crippen LogP contribution < -0.4 is 5.32 Å². The first-order chi connectivity index (χ1) is 19.0. The summed E-state index contributed by atoms with van der Waals surface area (Å²) in [6.07, 6.45) is 1.39. The summed E-state index contributed by atoms with van der Waals surface area (Å²) in [6, 6.07) is 10.4. The van der Waals surface area contributed by atoms with Crippen LogP contribution >= 0.6 is 0 Å². The van der Waals surface area contributed by atoms with Crippen LogP contribution in [0.3, 0.4) is 0 Å². The van der Waals surface area contributed by atoms with Crippen molar-refractivity contribution in [3.8, 4) is 0 Å². The van der Waals surface area contributed by atoms with Gasteiger partial charge in [-0.15, -0.1) is 0 Å². The number of fused-ring (bicyclic) bond motifs is 1. The van der Waals surface area contributed by atoms with Gasteiger partial charge in [-0.05, 0) is 35.1 Å². The number of hydrogen-bond acceptors (Lipinski definition) is 6. The molecule has 0 saturated carbocycles. The zero-order valence-corrected chi connectivity index (χ0v) is 27.6. The van der Waals surface area contributed by atoms with Crippen LogP contribution in [-0.4, -0.2) is 92.7 Å². The summed E-state index contributed by atoms with van der Waals surface area (Å²) >= 11 is 0. The molecule has 2 heterocycles. The van der Waals surface area contributed by atoms with E-state index in [-0.39, 0.29) is 18.0 Å². The first-order valence-electron chi connectivity index (χ1n) is 13.7.